The van der Waals surface area contributed by atoms with E-state index < -0.39 is 17.9 Å². The Kier molecular flexibility index (Phi) is 8.93. The number of halogens is 2. The van der Waals surface area contributed by atoms with Gasteiger partial charge in [-0.1, -0.05) is 35.0 Å². The fraction of sp³-hybridized carbons (Fsp3) is 0.222. The zero-order chi connectivity index (χ0) is 30.7. The van der Waals surface area contributed by atoms with Crippen LogP contribution in [0.2, 0.25) is 10.0 Å². The fourth-order valence-corrected chi connectivity index (χ4v) is 4.40. The number of nitrogens with zero attached hydrogens (tertiary/aromatic N) is 8. The van der Waals surface area contributed by atoms with Crippen LogP contribution in [0.1, 0.15) is 44.7 Å². The Bertz CT molecular complexity index is 1700. The van der Waals surface area contributed by atoms with Crippen LogP contribution < -0.4 is 5.32 Å². The highest BCUT2D eigenvalue weighted by molar-refractivity contribution is 6.32. The Morgan fingerprint density at radius 1 is 1.14 bits per heavy atom. The third-order valence-electron chi connectivity index (χ3n) is 6.18. The van der Waals surface area contributed by atoms with Crippen molar-refractivity contribution in [1.29, 1.82) is 0 Å². The molecule has 218 valence electrons. The Morgan fingerprint density at radius 3 is 2.52 bits per heavy atom. The number of amides is 3. The maximum atomic E-state index is 13.8. The summed E-state index contributed by atoms with van der Waals surface area (Å²) in [4.78, 5) is 43.6. The van der Waals surface area contributed by atoms with E-state index in [0.29, 0.717) is 17.0 Å². The summed E-state index contributed by atoms with van der Waals surface area (Å²) >= 11 is 12.7. The molecule has 0 radical (unpaired) electrons. The van der Waals surface area contributed by atoms with E-state index in [4.69, 9.17) is 27.9 Å². The molecular formula is C27H27Cl2N9O4. The summed E-state index contributed by atoms with van der Waals surface area (Å²) in [6.07, 6.45) is 2.47. The first-order valence-electron chi connectivity index (χ1n) is 12.4. The molecule has 0 aliphatic rings. The van der Waals surface area contributed by atoms with Crippen LogP contribution in [0, 0.1) is 6.92 Å². The smallest absolute Gasteiger partial charge is 0.428 e. The Morgan fingerprint density at radius 2 is 1.88 bits per heavy atom. The molecular weight excluding hydrogens is 585 g/mol. The van der Waals surface area contributed by atoms with Gasteiger partial charge >= 0.3 is 6.09 Å². The minimum Gasteiger partial charge on any atom is -0.452 e. The van der Waals surface area contributed by atoms with Gasteiger partial charge in [-0.15, -0.1) is 5.10 Å². The lowest BCUT2D eigenvalue weighted by molar-refractivity contribution is 0.0193. The average molecular weight is 612 g/mol. The molecule has 0 spiro atoms. The quantitative estimate of drug-likeness (QED) is 0.301. The lowest BCUT2D eigenvalue weighted by Gasteiger charge is -2.28. The number of anilines is 1. The van der Waals surface area contributed by atoms with Crippen LogP contribution in [-0.4, -0.2) is 78.9 Å². The Labute approximate surface area is 251 Å². The average Bonchev–Trinajstić information content (AvgIpc) is 3.60. The minimum absolute atomic E-state index is 0.0451. The third kappa shape index (κ3) is 6.26. The van der Waals surface area contributed by atoms with Crippen LogP contribution in [0.4, 0.5) is 10.5 Å². The minimum atomic E-state index is -0.762. The standard InChI is InChI=1S/C27H27Cl2N9O4/c1-15(2)21-14-37(34-32-21)13-18-12-22(38(33-18)24-20(29)8-7-9-30-24)25(39)31-23-16(3)10-17(28)11-19(23)26(40)35(4)36(5)27(41)42-6/h7-12,14H,1,13H2,2-6H3,(H,31,39). The summed E-state index contributed by atoms with van der Waals surface area (Å²) in [5.74, 6) is -1.01. The summed E-state index contributed by atoms with van der Waals surface area (Å²) in [5, 5.41) is 18.1. The molecule has 3 aromatic heterocycles. The van der Waals surface area contributed by atoms with Gasteiger partial charge in [-0.25, -0.2) is 29.2 Å². The van der Waals surface area contributed by atoms with Gasteiger partial charge in [-0.2, -0.15) is 5.10 Å². The number of aryl methyl sites for hydroxylation is 1. The van der Waals surface area contributed by atoms with Gasteiger partial charge in [0.25, 0.3) is 11.8 Å². The maximum Gasteiger partial charge on any atom is 0.428 e. The van der Waals surface area contributed by atoms with Gasteiger partial charge in [-0.3, -0.25) is 9.59 Å². The number of ether oxygens (including phenoxy) is 1. The predicted molar refractivity (Wildman–Crippen MR) is 157 cm³/mol. The highest BCUT2D eigenvalue weighted by Crippen LogP contribution is 2.28. The van der Waals surface area contributed by atoms with Crippen LogP contribution >= 0.6 is 23.2 Å². The first-order valence-corrected chi connectivity index (χ1v) is 13.1. The largest absolute Gasteiger partial charge is 0.452 e. The van der Waals surface area contributed by atoms with Crippen molar-refractivity contribution in [2.45, 2.75) is 20.4 Å². The lowest BCUT2D eigenvalue weighted by Crippen LogP contribution is -2.45. The summed E-state index contributed by atoms with van der Waals surface area (Å²) in [5.41, 5.74) is 2.65. The molecule has 0 aliphatic heterocycles. The molecule has 0 aliphatic carbocycles. The summed E-state index contributed by atoms with van der Waals surface area (Å²) in [6, 6.07) is 7.83. The SMILES string of the molecule is C=C(C)c1cn(Cc2cc(C(=O)Nc3c(C)cc(Cl)cc3C(=O)N(C)N(C)C(=O)OC)n(-c3ncccc3Cl)n2)nn1. The Hall–Kier alpha value is -4.75. The van der Waals surface area contributed by atoms with Gasteiger partial charge in [0, 0.05) is 25.3 Å². The second-order valence-electron chi connectivity index (χ2n) is 9.25. The van der Waals surface area contributed by atoms with Gasteiger partial charge in [-0.05, 0) is 55.3 Å². The molecule has 0 atom stereocenters. The van der Waals surface area contributed by atoms with E-state index >= 15 is 0 Å². The number of nitrogens with one attached hydrogen (secondary N) is 1. The Balaban J connectivity index is 1.74. The number of benzene rings is 1. The molecule has 0 saturated heterocycles. The molecule has 0 saturated carbocycles. The number of hydrazine groups is 1. The number of aromatic nitrogens is 6. The zero-order valence-corrected chi connectivity index (χ0v) is 24.9. The molecule has 4 rings (SSSR count). The van der Waals surface area contributed by atoms with E-state index in [9.17, 15) is 14.4 Å². The summed E-state index contributed by atoms with van der Waals surface area (Å²) < 4.78 is 7.57. The number of hydrogen-bond acceptors (Lipinski definition) is 8. The monoisotopic (exact) mass is 611 g/mol. The van der Waals surface area contributed by atoms with Crippen molar-refractivity contribution >= 4 is 52.4 Å². The fourth-order valence-electron chi connectivity index (χ4n) is 3.92. The summed E-state index contributed by atoms with van der Waals surface area (Å²) in [7, 11) is 3.94. The van der Waals surface area contributed by atoms with Gasteiger partial charge in [0.05, 0.1) is 41.8 Å². The van der Waals surface area contributed by atoms with Crippen molar-refractivity contribution in [1.82, 2.24) is 39.8 Å². The van der Waals surface area contributed by atoms with Crippen molar-refractivity contribution in [3.63, 3.8) is 0 Å². The first kappa shape index (κ1) is 30.2. The highest BCUT2D eigenvalue weighted by atomic mass is 35.5. The van der Waals surface area contributed by atoms with Gasteiger partial charge < -0.3 is 10.1 Å². The molecule has 0 unspecified atom stereocenters. The number of pyridine rings is 1. The first-order chi connectivity index (χ1) is 19.9. The molecule has 15 heteroatoms. The molecule has 1 N–H and O–H groups in total. The predicted octanol–water partition coefficient (Wildman–Crippen LogP) is 4.49. The van der Waals surface area contributed by atoms with E-state index in [2.05, 4.69) is 32.3 Å². The molecule has 3 heterocycles. The molecule has 42 heavy (non-hydrogen) atoms. The third-order valence-corrected chi connectivity index (χ3v) is 6.70. The topological polar surface area (TPSA) is 140 Å². The van der Waals surface area contributed by atoms with Crippen LogP contribution in [0.25, 0.3) is 11.4 Å². The van der Waals surface area contributed by atoms with Crippen molar-refractivity contribution < 1.29 is 19.1 Å². The van der Waals surface area contributed by atoms with Crippen molar-refractivity contribution in [3.05, 3.63) is 87.6 Å². The van der Waals surface area contributed by atoms with Gasteiger partial charge in [0.1, 0.15) is 11.4 Å². The molecule has 0 fully saturated rings. The van der Waals surface area contributed by atoms with E-state index in [-0.39, 0.29) is 39.4 Å². The van der Waals surface area contributed by atoms with Crippen LogP contribution in [-0.2, 0) is 11.3 Å². The van der Waals surface area contributed by atoms with E-state index in [1.807, 2.05) is 6.92 Å². The molecule has 1 aromatic carbocycles. The molecule has 13 nitrogen and oxygen atoms in total. The number of rotatable bonds is 7. The van der Waals surface area contributed by atoms with Crippen LogP contribution in [0.5, 0.6) is 0 Å². The normalized spacial score (nSPS) is 10.7. The van der Waals surface area contributed by atoms with Crippen molar-refractivity contribution in [3.8, 4) is 5.82 Å². The van der Waals surface area contributed by atoms with Crippen molar-refractivity contribution in [2.75, 3.05) is 26.5 Å². The zero-order valence-electron chi connectivity index (χ0n) is 23.4. The van der Waals surface area contributed by atoms with E-state index in [1.165, 1.54) is 38.2 Å². The molecule has 3 amide bonds. The number of carbonyl (C=O) groups excluding carboxylic acids is 3. The van der Waals surface area contributed by atoms with Crippen LogP contribution in [0.15, 0.2) is 49.3 Å². The number of allylic oxidation sites excluding steroid dienone is 1. The maximum absolute atomic E-state index is 13.8. The van der Waals surface area contributed by atoms with Gasteiger partial charge in [0.2, 0.25) is 0 Å². The summed E-state index contributed by atoms with van der Waals surface area (Å²) in [6.45, 7) is 7.56. The van der Waals surface area contributed by atoms with Crippen molar-refractivity contribution in [2.24, 2.45) is 0 Å². The number of methoxy groups -OCH3 is 1. The molecule has 0 bridgehead atoms. The number of carbonyl (C=O) groups is 3. The van der Waals surface area contributed by atoms with Crippen LogP contribution in [0.3, 0.4) is 0 Å². The molecule has 4 aromatic rings. The highest BCUT2D eigenvalue weighted by Gasteiger charge is 2.27. The lowest BCUT2D eigenvalue weighted by atomic mass is 10.1. The van der Waals surface area contributed by atoms with E-state index in [0.717, 1.165) is 15.6 Å². The second kappa shape index (κ2) is 12.4. The van der Waals surface area contributed by atoms with E-state index in [1.54, 1.807) is 42.1 Å². The van der Waals surface area contributed by atoms with Gasteiger partial charge in [0.15, 0.2) is 5.82 Å². The number of hydrogen-bond donors (Lipinski definition) is 1. The second-order valence-corrected chi connectivity index (χ2v) is 10.1.